The quantitative estimate of drug-likeness (QED) is 0.178. The molecule has 1 unspecified atom stereocenters. The number of unbranched alkanes of at least 4 members (excludes halogenated alkanes) is 5. The molecule has 1 aromatic heterocycles. The molecule has 0 saturated carbocycles. The molecule has 0 bridgehead atoms. The van der Waals surface area contributed by atoms with Gasteiger partial charge in [-0.25, -0.2) is 4.39 Å². The van der Waals surface area contributed by atoms with E-state index < -0.39 is 0 Å². The van der Waals surface area contributed by atoms with Gasteiger partial charge in [-0.1, -0.05) is 86.1 Å². The molecule has 0 saturated heterocycles. The van der Waals surface area contributed by atoms with Crippen LogP contribution in [0.4, 0.5) is 4.39 Å². The van der Waals surface area contributed by atoms with Crippen LogP contribution in [0.15, 0.2) is 47.6 Å². The Labute approximate surface area is 220 Å². The lowest BCUT2D eigenvalue weighted by Gasteiger charge is -2.17. The van der Waals surface area contributed by atoms with Gasteiger partial charge in [0.1, 0.15) is 5.82 Å². The Morgan fingerprint density at radius 1 is 1.06 bits per heavy atom. The molecule has 1 atom stereocenters. The molecular formula is C26H31Cl2FN4OS. The topological polar surface area (TPSA) is 59.8 Å². The minimum absolute atomic E-state index is 0.00902. The standard InChI is InChI=1S/C26H31Cl2FN4OS/c1-3-4-5-6-7-8-9-24(34)30-18(2)25-31-32-26(35-17-19-10-13-21(29)14-11-19)33(25)23-15-12-20(27)16-22(23)28/h10-16,18H,3-9,17H2,1-2H3,(H,30,34). The van der Waals surface area contributed by atoms with Crippen LogP contribution in [0.5, 0.6) is 0 Å². The van der Waals surface area contributed by atoms with Crippen LogP contribution in [0.2, 0.25) is 10.0 Å². The van der Waals surface area contributed by atoms with Crippen LogP contribution in [-0.2, 0) is 10.5 Å². The number of nitrogens with zero attached hydrogens (tertiary/aromatic N) is 3. The normalized spacial score (nSPS) is 12.0. The van der Waals surface area contributed by atoms with E-state index in [1.165, 1.54) is 43.2 Å². The van der Waals surface area contributed by atoms with Crippen molar-refractivity contribution in [3.05, 3.63) is 69.7 Å². The van der Waals surface area contributed by atoms with Crippen molar-refractivity contribution in [1.29, 1.82) is 0 Å². The number of benzene rings is 2. The highest BCUT2D eigenvalue weighted by molar-refractivity contribution is 7.98. The summed E-state index contributed by atoms with van der Waals surface area (Å²) in [6.45, 7) is 4.08. The Morgan fingerprint density at radius 3 is 2.49 bits per heavy atom. The number of hydrogen-bond acceptors (Lipinski definition) is 4. The molecule has 1 N–H and O–H groups in total. The van der Waals surface area contributed by atoms with Crippen molar-refractivity contribution in [3.8, 4) is 5.69 Å². The highest BCUT2D eigenvalue weighted by Gasteiger charge is 2.22. The van der Waals surface area contributed by atoms with Gasteiger partial charge in [-0.05, 0) is 49.2 Å². The minimum Gasteiger partial charge on any atom is -0.346 e. The highest BCUT2D eigenvalue weighted by atomic mass is 35.5. The van der Waals surface area contributed by atoms with E-state index in [1.54, 1.807) is 24.3 Å². The van der Waals surface area contributed by atoms with Crippen molar-refractivity contribution in [2.45, 2.75) is 75.7 Å². The molecule has 2 aromatic carbocycles. The van der Waals surface area contributed by atoms with Crippen molar-refractivity contribution in [2.75, 3.05) is 0 Å². The van der Waals surface area contributed by atoms with Gasteiger partial charge in [-0.2, -0.15) is 0 Å². The Morgan fingerprint density at radius 2 is 1.77 bits per heavy atom. The third kappa shape index (κ3) is 8.23. The van der Waals surface area contributed by atoms with Crippen LogP contribution in [0.25, 0.3) is 5.69 Å². The van der Waals surface area contributed by atoms with Crippen LogP contribution in [0, 0.1) is 5.82 Å². The van der Waals surface area contributed by atoms with Crippen molar-refractivity contribution < 1.29 is 9.18 Å². The van der Waals surface area contributed by atoms with E-state index >= 15 is 0 Å². The second kappa shape index (κ2) is 13.9. The Hall–Kier alpha value is -2.09. The van der Waals surface area contributed by atoms with Gasteiger partial charge in [0.05, 0.1) is 16.8 Å². The number of thioether (sulfide) groups is 1. The first-order valence-electron chi connectivity index (χ1n) is 12.0. The second-order valence-corrected chi connectivity index (χ2v) is 10.3. The van der Waals surface area contributed by atoms with Crippen LogP contribution in [-0.4, -0.2) is 20.7 Å². The Balaban J connectivity index is 1.74. The molecule has 35 heavy (non-hydrogen) atoms. The van der Waals surface area contributed by atoms with Crippen LogP contribution in [0.3, 0.4) is 0 Å². The summed E-state index contributed by atoms with van der Waals surface area (Å²) in [5, 5.41) is 13.4. The lowest BCUT2D eigenvalue weighted by molar-refractivity contribution is -0.121. The SMILES string of the molecule is CCCCCCCCC(=O)NC(C)c1nnc(SCc2ccc(F)cc2)n1-c1ccc(Cl)cc1Cl. The van der Waals surface area contributed by atoms with Gasteiger partial charge in [0.25, 0.3) is 0 Å². The van der Waals surface area contributed by atoms with E-state index in [1.807, 2.05) is 17.6 Å². The van der Waals surface area contributed by atoms with E-state index in [-0.39, 0.29) is 17.8 Å². The van der Waals surface area contributed by atoms with Gasteiger partial charge in [-0.3, -0.25) is 9.36 Å². The van der Waals surface area contributed by atoms with Crippen molar-refractivity contribution >= 4 is 40.9 Å². The first kappa shape index (κ1) is 27.5. The zero-order chi connectivity index (χ0) is 25.2. The molecule has 0 radical (unpaired) electrons. The number of aromatic nitrogens is 3. The molecule has 0 aliphatic rings. The van der Waals surface area contributed by atoms with Crippen LogP contribution in [0.1, 0.15) is 76.2 Å². The molecular weight excluding hydrogens is 506 g/mol. The van der Waals surface area contributed by atoms with E-state index in [0.29, 0.717) is 38.9 Å². The van der Waals surface area contributed by atoms with Crippen LogP contribution >= 0.6 is 35.0 Å². The molecule has 1 heterocycles. The third-order valence-electron chi connectivity index (χ3n) is 5.61. The smallest absolute Gasteiger partial charge is 0.220 e. The monoisotopic (exact) mass is 536 g/mol. The minimum atomic E-state index is -0.373. The molecule has 3 aromatic rings. The molecule has 0 aliphatic carbocycles. The number of carbonyl (C=O) groups is 1. The fourth-order valence-electron chi connectivity index (χ4n) is 3.72. The number of halogens is 3. The maximum absolute atomic E-state index is 13.3. The number of hydrogen-bond donors (Lipinski definition) is 1. The van der Waals surface area contributed by atoms with Gasteiger partial charge in [0.15, 0.2) is 11.0 Å². The average Bonchev–Trinajstić information content (AvgIpc) is 3.25. The first-order valence-corrected chi connectivity index (χ1v) is 13.7. The summed E-state index contributed by atoms with van der Waals surface area (Å²) >= 11 is 14.1. The van der Waals surface area contributed by atoms with Gasteiger partial charge < -0.3 is 5.32 Å². The van der Waals surface area contributed by atoms with Crippen LogP contribution < -0.4 is 5.32 Å². The summed E-state index contributed by atoms with van der Waals surface area (Å²) < 4.78 is 15.1. The molecule has 3 rings (SSSR count). The summed E-state index contributed by atoms with van der Waals surface area (Å²) in [4.78, 5) is 12.6. The van der Waals surface area contributed by atoms with E-state index in [0.717, 1.165) is 24.8 Å². The maximum Gasteiger partial charge on any atom is 0.220 e. The fraction of sp³-hybridized carbons (Fsp3) is 0.423. The predicted molar refractivity (Wildman–Crippen MR) is 142 cm³/mol. The molecule has 9 heteroatoms. The molecule has 0 fully saturated rings. The highest BCUT2D eigenvalue weighted by Crippen LogP contribution is 2.32. The number of nitrogens with one attached hydrogen (secondary N) is 1. The Kier molecular flexibility index (Phi) is 10.9. The summed E-state index contributed by atoms with van der Waals surface area (Å²) in [7, 11) is 0. The first-order chi connectivity index (χ1) is 16.9. The van der Waals surface area contributed by atoms with E-state index in [4.69, 9.17) is 23.2 Å². The summed E-state index contributed by atoms with van der Waals surface area (Å²) in [6, 6.07) is 11.2. The van der Waals surface area contributed by atoms with Gasteiger partial charge in [-0.15, -0.1) is 10.2 Å². The van der Waals surface area contributed by atoms with Crippen molar-refractivity contribution in [2.24, 2.45) is 0 Å². The summed E-state index contributed by atoms with van der Waals surface area (Å²) in [5.74, 6) is 0.864. The molecule has 0 spiro atoms. The van der Waals surface area contributed by atoms with Crippen molar-refractivity contribution in [3.63, 3.8) is 0 Å². The number of rotatable bonds is 13. The van der Waals surface area contributed by atoms with E-state index in [9.17, 15) is 9.18 Å². The summed E-state index contributed by atoms with van der Waals surface area (Å²) in [6.07, 6.45) is 7.25. The van der Waals surface area contributed by atoms with Gasteiger partial charge in [0, 0.05) is 17.2 Å². The maximum atomic E-state index is 13.3. The number of carbonyl (C=O) groups excluding carboxylic acids is 1. The zero-order valence-electron chi connectivity index (χ0n) is 20.1. The third-order valence-corrected chi connectivity index (χ3v) is 7.15. The molecule has 0 aliphatic heterocycles. The van der Waals surface area contributed by atoms with Crippen molar-refractivity contribution in [1.82, 2.24) is 20.1 Å². The van der Waals surface area contributed by atoms with E-state index in [2.05, 4.69) is 22.4 Å². The molecule has 1 amide bonds. The Bertz CT molecular complexity index is 1110. The molecule has 5 nitrogen and oxygen atoms in total. The second-order valence-electron chi connectivity index (χ2n) is 8.49. The largest absolute Gasteiger partial charge is 0.346 e. The summed E-state index contributed by atoms with van der Waals surface area (Å²) in [5.41, 5.74) is 1.63. The molecule has 188 valence electrons. The zero-order valence-corrected chi connectivity index (χ0v) is 22.4. The van der Waals surface area contributed by atoms with Gasteiger partial charge in [0.2, 0.25) is 5.91 Å². The average molecular weight is 538 g/mol. The lowest BCUT2D eigenvalue weighted by atomic mass is 10.1. The number of amides is 1. The predicted octanol–water partition coefficient (Wildman–Crippen LogP) is 7.93. The fourth-order valence-corrected chi connectivity index (χ4v) is 5.12. The van der Waals surface area contributed by atoms with Gasteiger partial charge >= 0.3 is 0 Å². The lowest BCUT2D eigenvalue weighted by Crippen LogP contribution is -2.28.